The second kappa shape index (κ2) is 5.68. The number of rotatable bonds is 0. The first kappa shape index (κ1) is 11.4. The van der Waals surface area contributed by atoms with E-state index in [1.54, 1.807) is 0 Å². The molecule has 0 radical (unpaired) electrons. The van der Waals surface area contributed by atoms with E-state index in [1.807, 2.05) is 0 Å². The molecule has 0 aromatic heterocycles. The van der Waals surface area contributed by atoms with Crippen molar-refractivity contribution in [3.05, 3.63) is 0 Å². The van der Waals surface area contributed by atoms with Gasteiger partial charge in [0, 0.05) is 6.67 Å². The Balaban J connectivity index is 0. The van der Waals surface area contributed by atoms with Gasteiger partial charge in [-0.1, -0.05) is 0 Å². The van der Waals surface area contributed by atoms with Gasteiger partial charge in [0.25, 0.3) is 0 Å². The molecule has 0 unspecified atom stereocenters. The quantitative estimate of drug-likeness (QED) is 0.425. The zero-order chi connectivity index (χ0) is 7.21. The van der Waals surface area contributed by atoms with E-state index in [0.717, 1.165) is 0 Å². The van der Waals surface area contributed by atoms with Crippen molar-refractivity contribution in [1.29, 1.82) is 0 Å². The van der Waals surface area contributed by atoms with E-state index >= 15 is 0 Å². The third kappa shape index (κ3) is 681. The van der Waals surface area contributed by atoms with Crippen molar-refractivity contribution >= 4 is 0 Å². The van der Waals surface area contributed by atoms with Gasteiger partial charge < -0.3 is 11.5 Å². The standard InChI is InChI=1S/CH6N2.4CH3.Zn/c2-1-3;;;;;/h1-3H2;4*1H3;. The zero-order valence-electron chi connectivity index (χ0n) is 6.57. The summed E-state index contributed by atoms with van der Waals surface area (Å²) in [6.07, 6.45) is 0. The molecular weight excluding hydrogens is 153 g/mol. The van der Waals surface area contributed by atoms with E-state index in [1.165, 1.54) is 0 Å². The summed E-state index contributed by atoms with van der Waals surface area (Å²) in [5.74, 6) is 0. The fourth-order valence-corrected chi connectivity index (χ4v) is 0. The summed E-state index contributed by atoms with van der Waals surface area (Å²) in [5.41, 5.74) is 18.9. The van der Waals surface area contributed by atoms with E-state index in [9.17, 15) is 0 Å². The Morgan fingerprint density at radius 1 is 1.00 bits per heavy atom. The molecule has 0 aliphatic carbocycles. The summed E-state index contributed by atoms with van der Waals surface area (Å²) < 4.78 is 0. The van der Waals surface area contributed by atoms with Crippen LogP contribution in [0.4, 0.5) is 0 Å². The predicted molar refractivity (Wildman–Crippen MR) is 36.7 cm³/mol. The van der Waals surface area contributed by atoms with Gasteiger partial charge >= 0.3 is 36.8 Å². The maximum absolute atomic E-state index is 4.62. The van der Waals surface area contributed by atoms with Crippen LogP contribution in [0.2, 0.25) is 22.1 Å². The molecule has 8 heavy (non-hydrogen) atoms. The van der Waals surface area contributed by atoms with Crippen molar-refractivity contribution in [2.75, 3.05) is 6.67 Å². The molecule has 0 heterocycles. The molecule has 0 rings (SSSR count). The van der Waals surface area contributed by atoms with Crippen molar-refractivity contribution in [2.24, 2.45) is 11.5 Å². The van der Waals surface area contributed by atoms with Crippen LogP contribution in [0.5, 0.6) is 0 Å². The number of hydrogen-bond donors (Lipinski definition) is 2. The van der Waals surface area contributed by atoms with Crippen LogP contribution in [-0.4, -0.2) is 6.67 Å². The van der Waals surface area contributed by atoms with Crippen molar-refractivity contribution in [1.82, 2.24) is 0 Å². The van der Waals surface area contributed by atoms with Gasteiger partial charge in [0.05, 0.1) is 0 Å². The normalized spacial score (nSPS) is 7.75. The number of hydrogen-bond acceptors (Lipinski definition) is 2. The first-order chi connectivity index (χ1) is 3.41. The number of nitrogens with two attached hydrogens (primary N) is 2. The van der Waals surface area contributed by atoms with Gasteiger partial charge in [-0.25, -0.2) is 0 Å². The van der Waals surface area contributed by atoms with Crippen LogP contribution in [0.3, 0.4) is 0 Å². The SMILES string of the molecule is NCN.[CH3][Zn]([CH3])([CH3])[CH3]. The molecule has 0 atom stereocenters. The molecule has 4 N–H and O–H groups in total. The topological polar surface area (TPSA) is 52.0 Å². The van der Waals surface area contributed by atoms with Crippen LogP contribution >= 0.6 is 0 Å². The molecule has 0 aromatic rings. The molecule has 50 valence electrons. The third-order valence-corrected chi connectivity index (χ3v) is 0. The molecule has 0 saturated carbocycles. The molecule has 0 aliphatic rings. The van der Waals surface area contributed by atoms with Crippen molar-refractivity contribution in [3.63, 3.8) is 0 Å². The molecule has 0 saturated heterocycles. The Hall–Kier alpha value is 0.543. The monoisotopic (exact) mass is 170 g/mol. The Labute approximate surface area is 55.4 Å². The molecule has 0 bridgehead atoms. The van der Waals surface area contributed by atoms with Crippen molar-refractivity contribution in [2.45, 2.75) is 22.1 Å². The van der Waals surface area contributed by atoms with E-state index < -0.39 is 14.8 Å². The van der Waals surface area contributed by atoms with Gasteiger partial charge in [-0.05, 0) is 0 Å². The second-order valence-corrected chi connectivity index (χ2v) is 22.3. The summed E-state index contributed by atoms with van der Waals surface area (Å²) in [6.45, 7) is 0.250. The molecule has 0 aromatic carbocycles. The Kier molecular flexibility index (Phi) is 8.06. The summed E-state index contributed by atoms with van der Waals surface area (Å²) in [5, 5.41) is 0. The minimum absolute atomic E-state index is 0.250. The van der Waals surface area contributed by atoms with Crippen LogP contribution in [0, 0.1) is 0 Å². The zero-order valence-corrected chi connectivity index (χ0v) is 9.54. The fraction of sp³-hybridized carbons (Fsp3) is 1.00. The van der Waals surface area contributed by atoms with Gasteiger partial charge in [-0.3, -0.25) is 0 Å². The summed E-state index contributed by atoms with van der Waals surface area (Å²) in [7, 11) is 0. The first-order valence-corrected chi connectivity index (χ1v) is 15.5. The van der Waals surface area contributed by atoms with Gasteiger partial charge in [0.1, 0.15) is 0 Å². The molecular formula is C5H18N2Zn. The van der Waals surface area contributed by atoms with Gasteiger partial charge in [0.2, 0.25) is 0 Å². The van der Waals surface area contributed by atoms with Crippen molar-refractivity contribution < 1.29 is 14.8 Å². The molecule has 0 aliphatic heterocycles. The average molecular weight is 172 g/mol. The van der Waals surface area contributed by atoms with Crippen LogP contribution in [0.1, 0.15) is 0 Å². The summed E-state index contributed by atoms with van der Waals surface area (Å²) in [6, 6.07) is 0. The summed E-state index contributed by atoms with van der Waals surface area (Å²) in [4.78, 5) is 0. The van der Waals surface area contributed by atoms with Crippen LogP contribution in [0.15, 0.2) is 0 Å². The maximum atomic E-state index is 4.62. The van der Waals surface area contributed by atoms with Crippen LogP contribution in [-0.2, 0) is 14.8 Å². The van der Waals surface area contributed by atoms with E-state index in [4.69, 9.17) is 0 Å². The fourth-order valence-electron chi connectivity index (χ4n) is 0. The minimum atomic E-state index is -1.25. The third-order valence-electron chi connectivity index (χ3n) is 0. The molecule has 0 amide bonds. The molecule has 0 spiro atoms. The average Bonchev–Trinajstić information content (AvgIpc) is 1.27. The van der Waals surface area contributed by atoms with Gasteiger partial charge in [-0.2, -0.15) is 0 Å². The van der Waals surface area contributed by atoms with Crippen molar-refractivity contribution in [3.8, 4) is 0 Å². The van der Waals surface area contributed by atoms with E-state index in [2.05, 4.69) is 33.5 Å². The Morgan fingerprint density at radius 3 is 1.00 bits per heavy atom. The predicted octanol–water partition coefficient (Wildman–Crippen LogP) is 1.19. The summed E-state index contributed by atoms with van der Waals surface area (Å²) >= 11 is -1.25. The molecule has 3 heteroatoms. The first-order valence-electron chi connectivity index (χ1n) is 3.64. The van der Waals surface area contributed by atoms with Gasteiger partial charge in [-0.15, -0.1) is 0 Å². The van der Waals surface area contributed by atoms with Gasteiger partial charge in [0.15, 0.2) is 0 Å². The van der Waals surface area contributed by atoms with Crippen LogP contribution in [0.25, 0.3) is 0 Å². The molecule has 0 fully saturated rings. The van der Waals surface area contributed by atoms with Crippen LogP contribution < -0.4 is 11.5 Å². The van der Waals surface area contributed by atoms with E-state index in [0.29, 0.717) is 0 Å². The second-order valence-electron chi connectivity index (χ2n) is 4.48. The Bertz CT molecular complexity index is 34.2. The van der Waals surface area contributed by atoms with E-state index in [-0.39, 0.29) is 6.67 Å². The Morgan fingerprint density at radius 2 is 1.00 bits per heavy atom. The molecule has 2 nitrogen and oxygen atoms in total.